The summed E-state index contributed by atoms with van der Waals surface area (Å²) in [6.07, 6.45) is 0. The molecule has 0 radical (unpaired) electrons. The smallest absolute Gasteiger partial charge is 0.259 e. The number of carbonyl (C=O) groups excluding carboxylic acids is 2. The first-order valence-corrected chi connectivity index (χ1v) is 11.4. The number of aromatic nitrogens is 2. The fourth-order valence-electron chi connectivity index (χ4n) is 3.94. The van der Waals surface area contributed by atoms with Crippen LogP contribution in [-0.2, 0) is 0 Å². The van der Waals surface area contributed by atoms with Crippen LogP contribution in [0, 0.1) is 20.8 Å². The van der Waals surface area contributed by atoms with Gasteiger partial charge in [0.25, 0.3) is 17.5 Å². The van der Waals surface area contributed by atoms with Crippen LogP contribution in [0.4, 0.5) is 5.69 Å². The van der Waals surface area contributed by atoms with Crippen LogP contribution in [0.25, 0.3) is 22.4 Å². The van der Waals surface area contributed by atoms with Crippen LogP contribution in [0.1, 0.15) is 51.8 Å². The van der Waals surface area contributed by atoms with Gasteiger partial charge >= 0.3 is 0 Å². The zero-order valence-corrected chi connectivity index (χ0v) is 20.4. The SMILES string of the molecule is CCN(CC)C(=O)c1ccc(NC(=O)c2cc(-c3cc(C)oc3C)nc3onc(C)c23)cc1Cl. The molecule has 0 spiro atoms. The zero-order chi connectivity index (χ0) is 24.6. The maximum Gasteiger partial charge on any atom is 0.259 e. The molecule has 34 heavy (non-hydrogen) atoms. The molecule has 0 unspecified atom stereocenters. The molecule has 3 aromatic heterocycles. The number of nitrogens with zero attached hydrogens (tertiary/aromatic N) is 3. The molecule has 0 aliphatic heterocycles. The van der Waals surface area contributed by atoms with E-state index in [0.29, 0.717) is 52.4 Å². The summed E-state index contributed by atoms with van der Waals surface area (Å²) < 4.78 is 11.0. The van der Waals surface area contributed by atoms with Gasteiger partial charge in [0.15, 0.2) is 0 Å². The van der Waals surface area contributed by atoms with Gasteiger partial charge in [-0.05, 0) is 65.0 Å². The molecule has 0 saturated carbocycles. The predicted octanol–water partition coefficient (Wildman–Crippen LogP) is 5.80. The number of pyridine rings is 1. The van der Waals surface area contributed by atoms with Gasteiger partial charge < -0.3 is 19.2 Å². The lowest BCUT2D eigenvalue weighted by molar-refractivity contribution is 0.0773. The van der Waals surface area contributed by atoms with Crippen molar-refractivity contribution in [3.8, 4) is 11.3 Å². The number of hydrogen-bond acceptors (Lipinski definition) is 6. The second-order valence-corrected chi connectivity index (χ2v) is 8.36. The molecule has 4 aromatic rings. The number of carbonyl (C=O) groups is 2. The van der Waals surface area contributed by atoms with E-state index in [9.17, 15) is 9.59 Å². The van der Waals surface area contributed by atoms with Crippen LogP contribution < -0.4 is 5.32 Å². The van der Waals surface area contributed by atoms with E-state index in [1.54, 1.807) is 36.1 Å². The van der Waals surface area contributed by atoms with Gasteiger partial charge in [0.1, 0.15) is 11.5 Å². The van der Waals surface area contributed by atoms with Crippen LogP contribution in [0.3, 0.4) is 0 Å². The summed E-state index contributed by atoms with van der Waals surface area (Å²) >= 11 is 6.40. The van der Waals surface area contributed by atoms with E-state index in [4.69, 9.17) is 20.5 Å². The lowest BCUT2D eigenvalue weighted by Gasteiger charge is -2.19. The summed E-state index contributed by atoms with van der Waals surface area (Å²) in [6.45, 7) is 10.4. The van der Waals surface area contributed by atoms with Crippen molar-refractivity contribution >= 4 is 40.2 Å². The minimum absolute atomic E-state index is 0.153. The van der Waals surface area contributed by atoms with Gasteiger partial charge in [-0.15, -0.1) is 0 Å². The fraction of sp³-hybridized carbons (Fsp3) is 0.280. The van der Waals surface area contributed by atoms with E-state index in [2.05, 4.69) is 15.5 Å². The van der Waals surface area contributed by atoms with E-state index in [1.807, 2.05) is 33.8 Å². The number of aryl methyl sites for hydroxylation is 3. The van der Waals surface area contributed by atoms with Crippen molar-refractivity contribution in [2.24, 2.45) is 0 Å². The Morgan fingerprint density at radius 3 is 2.41 bits per heavy atom. The van der Waals surface area contributed by atoms with Gasteiger partial charge in [-0.1, -0.05) is 16.8 Å². The average Bonchev–Trinajstić information content (AvgIpc) is 3.34. The van der Waals surface area contributed by atoms with Gasteiger partial charge in [-0.25, -0.2) is 4.98 Å². The molecule has 8 nitrogen and oxygen atoms in total. The molecule has 0 aliphatic rings. The molecule has 1 N–H and O–H groups in total. The Morgan fingerprint density at radius 2 is 1.79 bits per heavy atom. The van der Waals surface area contributed by atoms with Crippen LogP contribution in [0.15, 0.2) is 39.3 Å². The number of hydrogen-bond donors (Lipinski definition) is 1. The van der Waals surface area contributed by atoms with Gasteiger partial charge in [0, 0.05) is 24.3 Å². The predicted molar refractivity (Wildman–Crippen MR) is 130 cm³/mol. The van der Waals surface area contributed by atoms with Crippen molar-refractivity contribution in [3.05, 3.63) is 63.7 Å². The van der Waals surface area contributed by atoms with Gasteiger partial charge in [-0.3, -0.25) is 9.59 Å². The Balaban J connectivity index is 1.69. The number of halogens is 1. The number of rotatable bonds is 6. The minimum atomic E-state index is -0.378. The molecule has 9 heteroatoms. The second kappa shape index (κ2) is 9.30. The molecule has 2 amide bonds. The van der Waals surface area contributed by atoms with Crippen molar-refractivity contribution in [1.29, 1.82) is 0 Å². The number of nitrogens with one attached hydrogen (secondary N) is 1. The normalized spacial score (nSPS) is 11.1. The average molecular weight is 481 g/mol. The maximum absolute atomic E-state index is 13.3. The van der Waals surface area contributed by atoms with Crippen LogP contribution in [-0.4, -0.2) is 39.9 Å². The monoisotopic (exact) mass is 480 g/mol. The molecule has 0 fully saturated rings. The minimum Gasteiger partial charge on any atom is -0.466 e. The first kappa shape index (κ1) is 23.5. The molecule has 4 rings (SSSR count). The van der Waals surface area contributed by atoms with E-state index in [1.165, 1.54) is 0 Å². The molecule has 1 aromatic carbocycles. The molecular formula is C25H25ClN4O4. The van der Waals surface area contributed by atoms with Gasteiger partial charge in [0.05, 0.1) is 32.9 Å². The largest absolute Gasteiger partial charge is 0.466 e. The highest BCUT2D eigenvalue weighted by molar-refractivity contribution is 6.34. The summed E-state index contributed by atoms with van der Waals surface area (Å²) in [5.41, 5.74) is 3.33. The van der Waals surface area contributed by atoms with Crippen molar-refractivity contribution in [2.45, 2.75) is 34.6 Å². The molecule has 3 heterocycles. The highest BCUT2D eigenvalue weighted by Crippen LogP contribution is 2.31. The molecule has 176 valence electrons. The van der Waals surface area contributed by atoms with E-state index < -0.39 is 0 Å². The highest BCUT2D eigenvalue weighted by Gasteiger charge is 2.22. The second-order valence-electron chi connectivity index (χ2n) is 7.96. The Kier molecular flexibility index (Phi) is 6.43. The third kappa shape index (κ3) is 4.28. The quantitative estimate of drug-likeness (QED) is 0.374. The van der Waals surface area contributed by atoms with E-state index in [-0.39, 0.29) is 22.6 Å². The fourth-order valence-corrected chi connectivity index (χ4v) is 4.20. The van der Waals surface area contributed by atoms with Gasteiger partial charge in [-0.2, -0.15) is 0 Å². The van der Waals surface area contributed by atoms with Crippen molar-refractivity contribution in [2.75, 3.05) is 18.4 Å². The molecule has 0 atom stereocenters. The summed E-state index contributed by atoms with van der Waals surface area (Å²) in [5.74, 6) is 0.895. The zero-order valence-electron chi connectivity index (χ0n) is 19.7. The van der Waals surface area contributed by atoms with Crippen LogP contribution in [0.5, 0.6) is 0 Å². The number of furan rings is 1. The maximum atomic E-state index is 13.3. The Hall–Kier alpha value is -3.65. The first-order chi connectivity index (χ1) is 16.2. The Labute approximate surface area is 201 Å². The summed E-state index contributed by atoms with van der Waals surface area (Å²) in [6, 6.07) is 8.40. The molecular weight excluding hydrogens is 456 g/mol. The number of benzene rings is 1. The molecule has 0 saturated heterocycles. The Bertz CT molecular complexity index is 1400. The Morgan fingerprint density at radius 1 is 1.06 bits per heavy atom. The number of fused-ring (bicyclic) bond motifs is 1. The third-order valence-corrected chi connectivity index (χ3v) is 6.00. The summed E-state index contributed by atoms with van der Waals surface area (Å²) in [4.78, 5) is 32.2. The number of amides is 2. The standard InChI is InChI=1S/C25H25ClN4O4/c1-6-30(7-2)25(32)17-9-8-16(11-20(17)26)27-23(31)19-12-21(18-10-13(3)33-15(18)5)28-24-22(19)14(4)29-34-24/h8-12H,6-7H2,1-5H3,(H,27,31). The summed E-state index contributed by atoms with van der Waals surface area (Å²) in [7, 11) is 0. The van der Waals surface area contributed by atoms with Crippen LogP contribution in [0.2, 0.25) is 5.02 Å². The lowest BCUT2D eigenvalue weighted by atomic mass is 10.1. The van der Waals surface area contributed by atoms with Gasteiger partial charge in [0.2, 0.25) is 0 Å². The number of anilines is 1. The van der Waals surface area contributed by atoms with E-state index in [0.717, 1.165) is 11.3 Å². The highest BCUT2D eigenvalue weighted by atomic mass is 35.5. The lowest BCUT2D eigenvalue weighted by Crippen LogP contribution is -2.30. The molecule has 0 aliphatic carbocycles. The molecule has 0 bridgehead atoms. The van der Waals surface area contributed by atoms with Crippen molar-refractivity contribution in [3.63, 3.8) is 0 Å². The summed E-state index contributed by atoms with van der Waals surface area (Å²) in [5, 5.41) is 7.63. The first-order valence-electron chi connectivity index (χ1n) is 11.0. The third-order valence-electron chi connectivity index (χ3n) is 5.69. The topological polar surface area (TPSA) is 101 Å². The van der Waals surface area contributed by atoms with Crippen molar-refractivity contribution in [1.82, 2.24) is 15.0 Å². The van der Waals surface area contributed by atoms with Crippen LogP contribution >= 0.6 is 11.6 Å². The van der Waals surface area contributed by atoms with Crippen molar-refractivity contribution < 1.29 is 18.5 Å². The van der Waals surface area contributed by atoms with E-state index >= 15 is 0 Å².